The molecular formula is C21H24FN3O. The molecule has 0 unspecified atom stereocenters. The van der Waals surface area contributed by atoms with Gasteiger partial charge in [0.2, 0.25) is 0 Å². The van der Waals surface area contributed by atoms with E-state index in [9.17, 15) is 9.18 Å². The van der Waals surface area contributed by atoms with Crippen molar-refractivity contribution in [3.63, 3.8) is 0 Å². The van der Waals surface area contributed by atoms with Crippen LogP contribution >= 0.6 is 0 Å². The van der Waals surface area contributed by atoms with E-state index in [1.54, 1.807) is 12.1 Å². The van der Waals surface area contributed by atoms with E-state index >= 15 is 0 Å². The van der Waals surface area contributed by atoms with Crippen LogP contribution < -0.4 is 11.1 Å². The molecule has 1 saturated carbocycles. The number of rotatable bonds is 2. The topological polar surface area (TPSA) is 58.4 Å². The number of fused-ring (bicyclic) bond motifs is 1. The molecule has 0 aromatic heterocycles. The van der Waals surface area contributed by atoms with Gasteiger partial charge in [0.15, 0.2) is 0 Å². The number of halogens is 1. The number of nitrogens with one attached hydrogen (secondary N) is 1. The average molecular weight is 353 g/mol. The van der Waals surface area contributed by atoms with Gasteiger partial charge in [0.05, 0.1) is 6.04 Å². The van der Waals surface area contributed by atoms with Gasteiger partial charge in [-0.2, -0.15) is 0 Å². The van der Waals surface area contributed by atoms with E-state index < -0.39 is 0 Å². The highest BCUT2D eigenvalue weighted by Gasteiger charge is 2.39. The molecule has 1 heterocycles. The molecule has 136 valence electrons. The molecule has 0 spiro atoms. The fourth-order valence-corrected chi connectivity index (χ4v) is 4.22. The highest BCUT2D eigenvalue weighted by Crippen LogP contribution is 2.36. The van der Waals surface area contributed by atoms with Crippen molar-refractivity contribution in [3.05, 3.63) is 71.0 Å². The van der Waals surface area contributed by atoms with Crippen LogP contribution in [0.15, 0.2) is 48.5 Å². The van der Waals surface area contributed by atoms with E-state index in [2.05, 4.69) is 17.4 Å². The predicted molar refractivity (Wildman–Crippen MR) is 99.2 cm³/mol. The first-order valence-corrected chi connectivity index (χ1v) is 9.12. The predicted octanol–water partition coefficient (Wildman–Crippen LogP) is 3.36. The van der Waals surface area contributed by atoms with Gasteiger partial charge in [-0.05, 0) is 55.0 Å². The Morgan fingerprint density at radius 1 is 1.19 bits per heavy atom. The van der Waals surface area contributed by atoms with Crippen molar-refractivity contribution < 1.29 is 9.18 Å². The zero-order valence-corrected chi connectivity index (χ0v) is 14.9. The number of nitrogens with zero attached hydrogens (tertiary/aromatic N) is 1. The van der Waals surface area contributed by atoms with E-state index in [1.807, 2.05) is 24.0 Å². The van der Waals surface area contributed by atoms with Gasteiger partial charge in [-0.15, -0.1) is 0 Å². The summed E-state index contributed by atoms with van der Waals surface area (Å²) in [6.45, 7) is 2.64. The molecule has 2 aliphatic rings. The number of carbonyl (C=O) groups is 1. The molecule has 2 aromatic carbocycles. The lowest BCUT2D eigenvalue weighted by Gasteiger charge is -2.44. The molecule has 2 amide bonds. The lowest BCUT2D eigenvalue weighted by atomic mass is 9.75. The summed E-state index contributed by atoms with van der Waals surface area (Å²) < 4.78 is 13.4. The Labute approximate surface area is 153 Å². The summed E-state index contributed by atoms with van der Waals surface area (Å²) in [7, 11) is 0. The Hall–Kier alpha value is -2.40. The van der Waals surface area contributed by atoms with Crippen LogP contribution in [0.25, 0.3) is 0 Å². The largest absolute Gasteiger partial charge is 0.335 e. The number of hydrogen-bond acceptors (Lipinski definition) is 2. The number of hydrogen-bond donors (Lipinski definition) is 2. The Kier molecular flexibility index (Phi) is 4.19. The van der Waals surface area contributed by atoms with Gasteiger partial charge in [-0.1, -0.05) is 36.4 Å². The third kappa shape index (κ3) is 3.19. The Morgan fingerprint density at radius 2 is 1.88 bits per heavy atom. The minimum absolute atomic E-state index is 0.0747. The van der Waals surface area contributed by atoms with E-state index in [0.717, 1.165) is 30.4 Å². The molecule has 5 heteroatoms. The van der Waals surface area contributed by atoms with Gasteiger partial charge in [-0.3, -0.25) is 0 Å². The Morgan fingerprint density at radius 3 is 2.58 bits per heavy atom. The highest BCUT2D eigenvalue weighted by atomic mass is 19.1. The van der Waals surface area contributed by atoms with Crippen LogP contribution in [0.3, 0.4) is 0 Å². The quantitative estimate of drug-likeness (QED) is 0.870. The van der Waals surface area contributed by atoms with Crippen molar-refractivity contribution in [1.29, 1.82) is 0 Å². The fourth-order valence-electron chi connectivity index (χ4n) is 4.22. The second kappa shape index (κ2) is 6.40. The molecule has 1 aliphatic carbocycles. The van der Waals surface area contributed by atoms with E-state index in [-0.39, 0.29) is 29.5 Å². The molecule has 4 nitrogen and oxygen atoms in total. The van der Waals surface area contributed by atoms with Crippen LogP contribution in [0.1, 0.15) is 42.5 Å². The number of amides is 2. The molecule has 26 heavy (non-hydrogen) atoms. The minimum atomic E-state index is -0.273. The van der Waals surface area contributed by atoms with Crippen LogP contribution in [0.4, 0.5) is 9.18 Å². The molecule has 2 aromatic rings. The summed E-state index contributed by atoms with van der Waals surface area (Å²) in [5.74, 6) is -0.273. The first-order valence-electron chi connectivity index (χ1n) is 9.12. The van der Waals surface area contributed by atoms with Crippen molar-refractivity contribution in [2.45, 2.75) is 43.8 Å². The number of nitrogens with two attached hydrogens (primary N) is 1. The normalized spacial score (nSPS) is 27.4. The van der Waals surface area contributed by atoms with Crippen LogP contribution in [-0.4, -0.2) is 29.1 Å². The third-order valence-corrected chi connectivity index (χ3v) is 5.48. The van der Waals surface area contributed by atoms with E-state index in [1.165, 1.54) is 17.7 Å². The second-order valence-corrected chi connectivity index (χ2v) is 7.80. The summed E-state index contributed by atoms with van der Waals surface area (Å²) in [5, 5.41) is 3.12. The standard InChI is InChI=1S/C21H24FN3O/c1-21(23)12-17(13-21)24-20(26)25-11-10-14-4-2-3-5-18(14)19(25)15-6-8-16(22)9-7-15/h2-9,17,19H,10-13,23H2,1H3,(H,24,26)/t17?,19-,21?/m0/s1. The minimum Gasteiger partial charge on any atom is -0.335 e. The average Bonchev–Trinajstić information content (AvgIpc) is 2.60. The van der Waals surface area contributed by atoms with Gasteiger partial charge in [0, 0.05) is 18.1 Å². The molecular weight excluding hydrogens is 329 g/mol. The number of urea groups is 1. The maximum absolute atomic E-state index is 13.4. The van der Waals surface area contributed by atoms with Gasteiger partial charge in [0.25, 0.3) is 0 Å². The maximum atomic E-state index is 13.4. The molecule has 4 rings (SSSR count). The Bertz CT molecular complexity index is 810. The van der Waals surface area contributed by atoms with Gasteiger partial charge < -0.3 is 16.0 Å². The highest BCUT2D eigenvalue weighted by molar-refractivity contribution is 5.76. The summed E-state index contributed by atoms with van der Waals surface area (Å²) in [5.41, 5.74) is 9.15. The number of benzene rings is 2. The monoisotopic (exact) mass is 353 g/mol. The summed E-state index contributed by atoms with van der Waals surface area (Å²) >= 11 is 0. The zero-order chi connectivity index (χ0) is 18.3. The Balaban J connectivity index is 1.62. The van der Waals surface area contributed by atoms with Crippen molar-refractivity contribution >= 4 is 6.03 Å². The first kappa shape index (κ1) is 17.0. The smallest absolute Gasteiger partial charge is 0.318 e. The molecule has 1 aliphatic heterocycles. The van der Waals surface area contributed by atoms with Crippen LogP contribution in [-0.2, 0) is 6.42 Å². The number of carbonyl (C=O) groups excluding carboxylic acids is 1. The fraction of sp³-hybridized carbons (Fsp3) is 0.381. The van der Waals surface area contributed by atoms with Crippen LogP contribution in [0.5, 0.6) is 0 Å². The summed E-state index contributed by atoms with van der Waals surface area (Å²) in [4.78, 5) is 14.8. The van der Waals surface area contributed by atoms with E-state index in [0.29, 0.717) is 6.54 Å². The lowest BCUT2D eigenvalue weighted by molar-refractivity contribution is 0.151. The summed E-state index contributed by atoms with van der Waals surface area (Å²) in [6, 6.07) is 14.5. The van der Waals surface area contributed by atoms with Crippen molar-refractivity contribution in [2.75, 3.05) is 6.54 Å². The van der Waals surface area contributed by atoms with Gasteiger partial charge in [-0.25, -0.2) is 9.18 Å². The molecule has 0 bridgehead atoms. The molecule has 0 radical (unpaired) electrons. The van der Waals surface area contributed by atoms with E-state index in [4.69, 9.17) is 5.73 Å². The van der Waals surface area contributed by atoms with Gasteiger partial charge in [0.1, 0.15) is 5.82 Å². The second-order valence-electron chi connectivity index (χ2n) is 7.80. The SMILES string of the molecule is CC1(N)CC(NC(=O)N2CCc3ccccc3[C@@H]2c2ccc(F)cc2)C1. The maximum Gasteiger partial charge on any atom is 0.318 e. The van der Waals surface area contributed by atoms with Crippen molar-refractivity contribution in [1.82, 2.24) is 10.2 Å². The summed E-state index contributed by atoms with van der Waals surface area (Å²) in [6.07, 6.45) is 2.41. The third-order valence-electron chi connectivity index (χ3n) is 5.48. The zero-order valence-electron chi connectivity index (χ0n) is 14.9. The molecule has 1 fully saturated rings. The molecule has 1 atom stereocenters. The van der Waals surface area contributed by atoms with Crippen LogP contribution in [0.2, 0.25) is 0 Å². The molecule has 0 saturated heterocycles. The van der Waals surface area contributed by atoms with Gasteiger partial charge >= 0.3 is 6.03 Å². The lowest BCUT2D eigenvalue weighted by Crippen LogP contribution is -2.60. The van der Waals surface area contributed by atoms with Crippen LogP contribution in [0, 0.1) is 5.82 Å². The first-order chi connectivity index (χ1) is 12.4. The van der Waals surface area contributed by atoms with Crippen molar-refractivity contribution in [2.24, 2.45) is 5.73 Å². The molecule has 3 N–H and O–H groups in total. The van der Waals surface area contributed by atoms with Crippen molar-refractivity contribution in [3.8, 4) is 0 Å².